The number of hydrogen-bond donors (Lipinski definition) is 0. The van der Waals surface area contributed by atoms with Gasteiger partial charge in [-0.25, -0.2) is 0 Å². The average molecular weight is 528 g/mol. The lowest BCUT2D eigenvalue weighted by atomic mass is 9.92. The first kappa shape index (κ1) is 26.8. The van der Waals surface area contributed by atoms with Gasteiger partial charge in [-0.2, -0.15) is 0 Å². The smallest absolute Gasteiger partial charge is 0.153 e. The highest BCUT2D eigenvalue weighted by Gasteiger charge is 2.24. The van der Waals surface area contributed by atoms with E-state index >= 15 is 0 Å². The van der Waals surface area contributed by atoms with Gasteiger partial charge in [-0.05, 0) is 78.8 Å². The van der Waals surface area contributed by atoms with E-state index in [9.17, 15) is 4.79 Å². The van der Waals surface area contributed by atoms with Crippen LogP contribution in [-0.4, -0.2) is 6.29 Å². The molecule has 3 aromatic rings. The number of fused-ring (bicyclic) bond motifs is 2. The summed E-state index contributed by atoms with van der Waals surface area (Å²) in [4.78, 5) is 14.2. The number of benzene rings is 3. The second-order valence-corrected chi connectivity index (χ2v) is 9.84. The van der Waals surface area contributed by atoms with E-state index in [1.165, 1.54) is 0 Å². The summed E-state index contributed by atoms with van der Waals surface area (Å²) in [5.74, 6) is 2.59. The quantitative estimate of drug-likeness (QED) is 0.242. The molecule has 4 nitrogen and oxygen atoms in total. The van der Waals surface area contributed by atoms with Crippen molar-refractivity contribution in [2.75, 3.05) is 4.90 Å². The molecule has 0 bridgehead atoms. The molecule has 0 unspecified atom stereocenters. The van der Waals surface area contributed by atoms with Crippen LogP contribution >= 0.6 is 0 Å². The van der Waals surface area contributed by atoms with Crippen molar-refractivity contribution in [1.29, 1.82) is 0 Å². The van der Waals surface area contributed by atoms with Crippen LogP contribution in [0.3, 0.4) is 0 Å². The summed E-state index contributed by atoms with van der Waals surface area (Å²) in [6, 6.07) is 17.7. The third-order valence-corrected chi connectivity index (χ3v) is 7.01. The van der Waals surface area contributed by atoms with Gasteiger partial charge < -0.3 is 14.4 Å². The summed E-state index contributed by atoms with van der Waals surface area (Å²) >= 11 is 0. The summed E-state index contributed by atoms with van der Waals surface area (Å²) in [6.07, 6.45) is 17.7. The predicted molar refractivity (Wildman–Crippen MR) is 164 cm³/mol. The standard InChI is InChI=1S/C36H33NO3/c1-5-12-30-31-15-6-7-16-33(31)39-36-21-28(24-38)35(23-32(30)36)40-34-22-29(18-17-27(34)4)37-19-10-8-13-25(2)26(3)14-9-11-20-37/h6-8,10-13,15-24H,2-3,5,9,14H2,1,4H3/b13-8-,19-10-,20-11-,30-12-. The molecule has 0 N–H and O–H groups in total. The van der Waals surface area contributed by atoms with Gasteiger partial charge in [0.2, 0.25) is 0 Å². The molecule has 2 aliphatic heterocycles. The van der Waals surface area contributed by atoms with Crippen molar-refractivity contribution in [2.24, 2.45) is 0 Å². The van der Waals surface area contributed by atoms with Crippen LogP contribution in [0.1, 0.15) is 53.2 Å². The lowest BCUT2D eigenvalue weighted by molar-refractivity contribution is 0.112. The van der Waals surface area contributed by atoms with E-state index in [0.717, 1.165) is 70.4 Å². The number of aryl methyl sites for hydroxylation is 1. The minimum absolute atomic E-state index is 0.430. The van der Waals surface area contributed by atoms with E-state index in [4.69, 9.17) is 9.47 Å². The molecule has 4 heteroatoms. The highest BCUT2D eigenvalue weighted by molar-refractivity contribution is 5.91. The van der Waals surface area contributed by atoms with E-state index in [1.54, 1.807) is 6.07 Å². The lowest BCUT2D eigenvalue weighted by Gasteiger charge is -2.24. The summed E-state index contributed by atoms with van der Waals surface area (Å²) in [6.45, 7) is 12.3. The normalized spacial score (nSPS) is 18.1. The Kier molecular flexibility index (Phi) is 7.97. The molecule has 5 rings (SSSR count). The van der Waals surface area contributed by atoms with Gasteiger partial charge in [-0.15, -0.1) is 0 Å². The van der Waals surface area contributed by atoms with E-state index in [-0.39, 0.29) is 0 Å². The van der Waals surface area contributed by atoms with Crippen molar-refractivity contribution >= 4 is 17.5 Å². The fourth-order valence-electron chi connectivity index (χ4n) is 4.75. The lowest BCUT2D eigenvalue weighted by Crippen LogP contribution is -2.07. The number of hydrogen-bond acceptors (Lipinski definition) is 4. The van der Waals surface area contributed by atoms with Crippen molar-refractivity contribution in [3.05, 3.63) is 144 Å². The van der Waals surface area contributed by atoms with Gasteiger partial charge in [0.05, 0.1) is 5.56 Å². The minimum Gasteiger partial charge on any atom is -0.456 e. The zero-order chi connectivity index (χ0) is 28.1. The van der Waals surface area contributed by atoms with Crippen molar-refractivity contribution < 1.29 is 14.3 Å². The number of aldehydes is 1. The van der Waals surface area contributed by atoms with E-state index in [2.05, 4.69) is 44.4 Å². The number of carbonyl (C=O) groups excluding carboxylic acids is 1. The molecule has 0 aromatic heterocycles. The Bertz CT molecular complexity index is 1600. The molecule has 0 saturated heterocycles. The average Bonchev–Trinajstić information content (AvgIpc) is 3.00. The molecule has 0 saturated carbocycles. The van der Waals surface area contributed by atoms with Crippen LogP contribution in [0.2, 0.25) is 0 Å². The Hall–Kier alpha value is -4.83. The maximum atomic E-state index is 12.2. The molecule has 0 aliphatic carbocycles. The fraction of sp³-hybridized carbons (Fsp3) is 0.139. The van der Waals surface area contributed by atoms with Crippen molar-refractivity contribution in [3.8, 4) is 23.0 Å². The predicted octanol–water partition coefficient (Wildman–Crippen LogP) is 9.84. The molecule has 2 heterocycles. The van der Waals surface area contributed by atoms with Gasteiger partial charge in [0.25, 0.3) is 0 Å². The van der Waals surface area contributed by atoms with Crippen LogP contribution < -0.4 is 14.4 Å². The first-order valence-electron chi connectivity index (χ1n) is 13.5. The van der Waals surface area contributed by atoms with Crippen LogP contribution in [0, 0.1) is 6.92 Å². The number of anilines is 1. The van der Waals surface area contributed by atoms with Crippen LogP contribution in [0.5, 0.6) is 23.0 Å². The summed E-state index contributed by atoms with van der Waals surface area (Å²) in [5.41, 5.74) is 7.32. The first-order chi connectivity index (χ1) is 19.5. The maximum Gasteiger partial charge on any atom is 0.153 e. The van der Waals surface area contributed by atoms with Gasteiger partial charge in [0, 0.05) is 35.3 Å². The molecule has 2 aliphatic rings. The molecule has 200 valence electrons. The Labute approximate surface area is 236 Å². The van der Waals surface area contributed by atoms with Crippen LogP contribution in [0.4, 0.5) is 5.69 Å². The Balaban J connectivity index is 1.51. The zero-order valence-electron chi connectivity index (χ0n) is 23.0. The molecule has 0 fully saturated rings. The second-order valence-electron chi connectivity index (χ2n) is 9.84. The van der Waals surface area contributed by atoms with Crippen molar-refractivity contribution in [3.63, 3.8) is 0 Å². The topological polar surface area (TPSA) is 38.8 Å². The van der Waals surface area contributed by atoms with E-state index in [0.29, 0.717) is 22.8 Å². The largest absolute Gasteiger partial charge is 0.456 e. The molecule has 0 spiro atoms. The fourth-order valence-corrected chi connectivity index (χ4v) is 4.75. The third-order valence-electron chi connectivity index (χ3n) is 7.01. The SMILES string of the molecule is C=C1/C=C\C=C/N(c2ccc(C)c(Oc3cc4c(cc3C=O)Oc3ccccc3/C4=C/CC)c2)/C=C\CCC1=C. The molecule has 0 radical (unpaired) electrons. The van der Waals surface area contributed by atoms with Gasteiger partial charge in [-0.1, -0.05) is 68.7 Å². The second kappa shape index (κ2) is 11.9. The molecular formula is C36H33NO3. The number of allylic oxidation sites excluding steroid dienone is 7. The van der Waals surface area contributed by atoms with Gasteiger partial charge in [-0.3, -0.25) is 4.79 Å². The zero-order valence-corrected chi connectivity index (χ0v) is 23.0. The molecular weight excluding hydrogens is 494 g/mol. The van der Waals surface area contributed by atoms with Crippen molar-refractivity contribution in [1.82, 2.24) is 0 Å². The number of para-hydroxylation sites is 1. The Morgan fingerprint density at radius 2 is 1.82 bits per heavy atom. The first-order valence-corrected chi connectivity index (χ1v) is 13.5. The van der Waals surface area contributed by atoms with Crippen LogP contribution in [-0.2, 0) is 0 Å². The summed E-state index contributed by atoms with van der Waals surface area (Å²) in [7, 11) is 0. The van der Waals surface area contributed by atoms with E-state index in [1.807, 2.05) is 78.8 Å². The number of carbonyl (C=O) groups is 1. The number of rotatable bonds is 5. The third kappa shape index (κ3) is 5.62. The Morgan fingerprint density at radius 1 is 0.975 bits per heavy atom. The molecule has 0 amide bonds. The summed E-state index contributed by atoms with van der Waals surface area (Å²) < 4.78 is 12.7. The highest BCUT2D eigenvalue weighted by Crippen LogP contribution is 2.46. The maximum absolute atomic E-state index is 12.2. The number of ether oxygens (including phenoxy) is 2. The minimum atomic E-state index is 0.430. The van der Waals surface area contributed by atoms with Gasteiger partial charge >= 0.3 is 0 Å². The molecule has 0 atom stereocenters. The van der Waals surface area contributed by atoms with Gasteiger partial charge in [0.1, 0.15) is 23.0 Å². The highest BCUT2D eigenvalue weighted by atomic mass is 16.5. The monoisotopic (exact) mass is 527 g/mol. The van der Waals surface area contributed by atoms with Gasteiger partial charge in [0.15, 0.2) is 6.29 Å². The van der Waals surface area contributed by atoms with Crippen LogP contribution in [0.15, 0.2) is 122 Å². The van der Waals surface area contributed by atoms with E-state index < -0.39 is 0 Å². The molecule has 40 heavy (non-hydrogen) atoms. The summed E-state index contributed by atoms with van der Waals surface area (Å²) in [5, 5.41) is 0. The van der Waals surface area contributed by atoms with Crippen LogP contribution in [0.25, 0.3) is 5.57 Å². The molecule has 3 aromatic carbocycles. The number of nitrogens with zero attached hydrogens (tertiary/aromatic N) is 1. The Morgan fingerprint density at radius 3 is 2.65 bits per heavy atom. The van der Waals surface area contributed by atoms with Crippen molar-refractivity contribution in [2.45, 2.75) is 33.1 Å².